The number of hydrogen-bond acceptors (Lipinski definition) is 1. The van der Waals surface area contributed by atoms with Crippen LogP contribution in [0.15, 0.2) is 140 Å². The van der Waals surface area contributed by atoms with E-state index in [1.165, 1.54) is 21.5 Å². The molecule has 0 aliphatic heterocycles. The summed E-state index contributed by atoms with van der Waals surface area (Å²) in [5, 5.41) is 7.26. The summed E-state index contributed by atoms with van der Waals surface area (Å²) in [6.45, 7) is 0. The Morgan fingerprint density at radius 3 is 1.27 bits per heavy atom. The molecule has 9 rings (SSSR count). The fourth-order valence-electron chi connectivity index (χ4n) is 6.42. The standard InChI is InChI=1S/C37H23N3/c1-3-11-26-21-28(19-17-24(26)9-1)39-32-15-7-5-13-30(32)36-34(39)23-35-37(38-36)31-14-6-8-16-33(31)40(35)29-20-18-25-10-2-4-12-27(25)22-29/h1-23H. The Bertz CT molecular complexity index is 2270. The van der Waals surface area contributed by atoms with Crippen LogP contribution in [0.25, 0.3) is 76.8 Å². The van der Waals surface area contributed by atoms with Crippen LogP contribution in [0, 0.1) is 0 Å². The van der Waals surface area contributed by atoms with Crippen molar-refractivity contribution in [3.63, 3.8) is 0 Å². The van der Waals surface area contributed by atoms with Gasteiger partial charge in [0.1, 0.15) is 0 Å². The summed E-state index contributed by atoms with van der Waals surface area (Å²) in [6, 6.07) is 50.1. The summed E-state index contributed by atoms with van der Waals surface area (Å²) in [4.78, 5) is 5.41. The largest absolute Gasteiger partial charge is 0.308 e. The SMILES string of the molecule is c1ccc2cc(-n3c4ccccc4c4nc5c6ccccc6n(-c6ccc7ccccc7c6)c5cc43)ccc2c1. The summed E-state index contributed by atoms with van der Waals surface area (Å²) >= 11 is 0. The smallest absolute Gasteiger partial charge is 0.0972 e. The van der Waals surface area contributed by atoms with Crippen molar-refractivity contribution in [3.05, 3.63) is 140 Å². The molecule has 0 fully saturated rings. The highest BCUT2D eigenvalue weighted by molar-refractivity contribution is 6.15. The highest BCUT2D eigenvalue weighted by Crippen LogP contribution is 2.38. The first-order valence-corrected chi connectivity index (χ1v) is 13.7. The van der Waals surface area contributed by atoms with E-state index in [4.69, 9.17) is 4.98 Å². The highest BCUT2D eigenvalue weighted by atomic mass is 15.0. The van der Waals surface area contributed by atoms with Gasteiger partial charge < -0.3 is 9.13 Å². The zero-order chi connectivity index (χ0) is 26.2. The van der Waals surface area contributed by atoms with Gasteiger partial charge >= 0.3 is 0 Å². The van der Waals surface area contributed by atoms with Gasteiger partial charge in [-0.25, -0.2) is 4.98 Å². The minimum absolute atomic E-state index is 1.03. The molecule has 0 spiro atoms. The Morgan fingerprint density at radius 1 is 0.350 bits per heavy atom. The topological polar surface area (TPSA) is 22.8 Å². The van der Waals surface area contributed by atoms with E-state index in [0.717, 1.165) is 55.2 Å². The second-order valence-electron chi connectivity index (χ2n) is 10.5. The Kier molecular flexibility index (Phi) is 4.33. The van der Waals surface area contributed by atoms with Crippen LogP contribution in [-0.4, -0.2) is 14.1 Å². The molecule has 0 atom stereocenters. The van der Waals surface area contributed by atoms with Crippen molar-refractivity contribution in [1.29, 1.82) is 0 Å². The van der Waals surface area contributed by atoms with E-state index < -0.39 is 0 Å². The molecule has 40 heavy (non-hydrogen) atoms. The van der Waals surface area contributed by atoms with Gasteiger partial charge in [-0.05, 0) is 64.0 Å². The first-order valence-electron chi connectivity index (χ1n) is 13.7. The summed E-state index contributed by atoms with van der Waals surface area (Å²) < 4.78 is 4.73. The van der Waals surface area contributed by atoms with Crippen LogP contribution >= 0.6 is 0 Å². The van der Waals surface area contributed by atoms with Gasteiger partial charge in [0.2, 0.25) is 0 Å². The van der Waals surface area contributed by atoms with Crippen LogP contribution in [0.5, 0.6) is 0 Å². The fourth-order valence-corrected chi connectivity index (χ4v) is 6.42. The zero-order valence-corrected chi connectivity index (χ0v) is 21.6. The maximum Gasteiger partial charge on any atom is 0.0972 e. The van der Waals surface area contributed by atoms with Crippen molar-refractivity contribution in [2.45, 2.75) is 0 Å². The average Bonchev–Trinajstić information content (AvgIpc) is 3.51. The van der Waals surface area contributed by atoms with Crippen molar-refractivity contribution in [1.82, 2.24) is 14.1 Å². The van der Waals surface area contributed by atoms with E-state index in [-0.39, 0.29) is 0 Å². The third-order valence-corrected chi connectivity index (χ3v) is 8.25. The molecule has 6 aromatic carbocycles. The lowest BCUT2D eigenvalue weighted by molar-refractivity contribution is 1.16. The van der Waals surface area contributed by atoms with Crippen molar-refractivity contribution in [3.8, 4) is 11.4 Å². The van der Waals surface area contributed by atoms with Gasteiger partial charge in [0.05, 0.1) is 33.1 Å². The number of pyridine rings is 1. The first kappa shape index (κ1) is 21.5. The molecule has 3 nitrogen and oxygen atoms in total. The van der Waals surface area contributed by atoms with E-state index in [9.17, 15) is 0 Å². The van der Waals surface area contributed by atoms with Gasteiger partial charge in [-0.15, -0.1) is 0 Å². The Morgan fingerprint density at radius 2 is 0.775 bits per heavy atom. The molecule has 0 bridgehead atoms. The molecule has 3 aromatic heterocycles. The van der Waals surface area contributed by atoms with Crippen LogP contribution in [-0.2, 0) is 0 Å². The van der Waals surface area contributed by atoms with Crippen LogP contribution in [0.2, 0.25) is 0 Å². The number of nitrogens with zero attached hydrogens (tertiary/aromatic N) is 3. The minimum Gasteiger partial charge on any atom is -0.308 e. The lowest BCUT2D eigenvalue weighted by atomic mass is 10.1. The third kappa shape index (κ3) is 2.97. The van der Waals surface area contributed by atoms with Gasteiger partial charge in [0.25, 0.3) is 0 Å². The van der Waals surface area contributed by atoms with E-state index >= 15 is 0 Å². The zero-order valence-electron chi connectivity index (χ0n) is 21.6. The van der Waals surface area contributed by atoms with Gasteiger partial charge in [-0.1, -0.05) is 97.1 Å². The number of hydrogen-bond donors (Lipinski definition) is 0. The average molecular weight is 510 g/mol. The molecular formula is C37H23N3. The van der Waals surface area contributed by atoms with E-state index in [0.29, 0.717) is 0 Å². The van der Waals surface area contributed by atoms with Crippen LogP contribution in [0.3, 0.4) is 0 Å². The van der Waals surface area contributed by atoms with Gasteiger partial charge in [0, 0.05) is 22.1 Å². The predicted octanol–water partition coefficient (Wildman–Crippen LogP) is 9.58. The van der Waals surface area contributed by atoms with Crippen LogP contribution < -0.4 is 0 Å². The summed E-state index contributed by atoms with van der Waals surface area (Å²) in [5.74, 6) is 0. The summed E-state index contributed by atoms with van der Waals surface area (Å²) in [5.41, 5.74) is 8.86. The molecule has 0 radical (unpaired) electrons. The van der Waals surface area contributed by atoms with Crippen molar-refractivity contribution in [2.75, 3.05) is 0 Å². The second kappa shape index (κ2) is 8.05. The summed E-state index contributed by atoms with van der Waals surface area (Å²) in [6.07, 6.45) is 0. The van der Waals surface area contributed by atoms with Crippen molar-refractivity contribution >= 4 is 65.4 Å². The Labute approximate surface area is 230 Å². The lowest BCUT2D eigenvalue weighted by Crippen LogP contribution is -1.96. The van der Waals surface area contributed by atoms with Crippen LogP contribution in [0.4, 0.5) is 0 Å². The number of rotatable bonds is 2. The van der Waals surface area contributed by atoms with Gasteiger partial charge in [-0.3, -0.25) is 0 Å². The molecule has 3 heterocycles. The molecule has 0 amide bonds. The molecule has 0 N–H and O–H groups in total. The molecule has 186 valence electrons. The second-order valence-corrected chi connectivity index (χ2v) is 10.5. The lowest BCUT2D eigenvalue weighted by Gasteiger charge is -2.11. The Hall–Kier alpha value is -5.41. The van der Waals surface area contributed by atoms with Gasteiger partial charge in [-0.2, -0.15) is 0 Å². The van der Waals surface area contributed by atoms with E-state index in [2.05, 4.69) is 149 Å². The fraction of sp³-hybridized carbons (Fsp3) is 0. The maximum atomic E-state index is 5.41. The number of para-hydroxylation sites is 2. The number of benzene rings is 6. The Balaban J connectivity index is 1.43. The molecule has 0 unspecified atom stereocenters. The highest BCUT2D eigenvalue weighted by Gasteiger charge is 2.19. The predicted molar refractivity (Wildman–Crippen MR) is 168 cm³/mol. The molecule has 9 aromatic rings. The minimum atomic E-state index is 1.03. The van der Waals surface area contributed by atoms with Crippen molar-refractivity contribution in [2.24, 2.45) is 0 Å². The number of aromatic nitrogens is 3. The third-order valence-electron chi connectivity index (χ3n) is 8.25. The first-order chi connectivity index (χ1) is 19.8. The normalized spacial score (nSPS) is 12.0. The molecule has 0 saturated carbocycles. The monoisotopic (exact) mass is 509 g/mol. The molecular weight excluding hydrogens is 486 g/mol. The molecule has 0 saturated heterocycles. The number of fused-ring (bicyclic) bond motifs is 8. The quantitative estimate of drug-likeness (QED) is 0.227. The van der Waals surface area contributed by atoms with E-state index in [1.807, 2.05) is 0 Å². The van der Waals surface area contributed by atoms with E-state index in [1.54, 1.807) is 0 Å². The summed E-state index contributed by atoms with van der Waals surface area (Å²) in [7, 11) is 0. The molecule has 0 aliphatic rings. The van der Waals surface area contributed by atoms with Crippen molar-refractivity contribution < 1.29 is 0 Å². The molecule has 3 heteroatoms. The van der Waals surface area contributed by atoms with Crippen LogP contribution in [0.1, 0.15) is 0 Å². The maximum absolute atomic E-state index is 5.41. The van der Waals surface area contributed by atoms with Gasteiger partial charge in [0.15, 0.2) is 0 Å². The molecule has 0 aliphatic carbocycles.